The number of anilines is 1. The van der Waals surface area contributed by atoms with Crippen molar-refractivity contribution in [2.45, 2.75) is 6.92 Å². The molecular formula is C16H14ClNO2. The van der Waals surface area contributed by atoms with E-state index in [0.29, 0.717) is 23.7 Å². The lowest BCUT2D eigenvalue weighted by molar-refractivity contribution is 0.0976. The highest BCUT2D eigenvalue weighted by atomic mass is 35.5. The van der Waals surface area contributed by atoms with E-state index in [1.165, 1.54) is 0 Å². The molecule has 0 saturated carbocycles. The molecule has 20 heavy (non-hydrogen) atoms. The van der Waals surface area contributed by atoms with Gasteiger partial charge in [0.15, 0.2) is 0 Å². The third-order valence-electron chi connectivity index (χ3n) is 3.33. The van der Waals surface area contributed by atoms with Crippen LogP contribution in [0.2, 0.25) is 5.02 Å². The molecule has 0 aromatic heterocycles. The minimum absolute atomic E-state index is 0.0919. The fraction of sp³-hybridized carbons (Fsp3) is 0.188. The van der Waals surface area contributed by atoms with E-state index in [0.717, 1.165) is 17.0 Å². The second-order valence-electron chi connectivity index (χ2n) is 4.76. The van der Waals surface area contributed by atoms with Crippen LogP contribution in [0, 0.1) is 6.92 Å². The van der Waals surface area contributed by atoms with Gasteiger partial charge in [0.05, 0.1) is 22.8 Å². The molecule has 0 bridgehead atoms. The second kappa shape index (κ2) is 5.17. The number of aryl methyl sites for hydroxylation is 1. The van der Waals surface area contributed by atoms with Crippen LogP contribution in [0.4, 0.5) is 5.69 Å². The van der Waals surface area contributed by atoms with Crippen molar-refractivity contribution in [3.8, 4) is 5.75 Å². The molecule has 102 valence electrons. The first-order valence-corrected chi connectivity index (χ1v) is 6.84. The maximum atomic E-state index is 12.7. The van der Waals surface area contributed by atoms with Gasteiger partial charge in [-0.15, -0.1) is 0 Å². The molecule has 0 fully saturated rings. The van der Waals surface area contributed by atoms with Gasteiger partial charge >= 0.3 is 0 Å². The normalized spacial score (nSPS) is 13.6. The first-order valence-electron chi connectivity index (χ1n) is 6.46. The summed E-state index contributed by atoms with van der Waals surface area (Å²) >= 11 is 6.12. The molecule has 1 heterocycles. The number of nitrogens with zero attached hydrogens (tertiary/aromatic N) is 1. The summed E-state index contributed by atoms with van der Waals surface area (Å²) in [5.74, 6) is 0.646. The van der Waals surface area contributed by atoms with E-state index in [2.05, 4.69) is 0 Å². The highest BCUT2D eigenvalue weighted by Crippen LogP contribution is 2.34. The lowest BCUT2D eigenvalue weighted by atomic mass is 10.1. The average Bonchev–Trinajstić information content (AvgIpc) is 2.46. The third-order valence-corrected chi connectivity index (χ3v) is 3.66. The van der Waals surface area contributed by atoms with E-state index in [1.807, 2.05) is 37.3 Å². The first kappa shape index (κ1) is 13.0. The predicted molar refractivity (Wildman–Crippen MR) is 79.8 cm³/mol. The topological polar surface area (TPSA) is 29.5 Å². The van der Waals surface area contributed by atoms with Crippen molar-refractivity contribution >= 4 is 23.2 Å². The summed E-state index contributed by atoms with van der Waals surface area (Å²) in [6.07, 6.45) is 0. The minimum atomic E-state index is -0.0919. The van der Waals surface area contributed by atoms with E-state index in [-0.39, 0.29) is 5.91 Å². The molecule has 0 spiro atoms. The summed E-state index contributed by atoms with van der Waals surface area (Å²) in [5, 5.41) is 0.471. The molecule has 0 N–H and O–H groups in total. The van der Waals surface area contributed by atoms with E-state index in [4.69, 9.17) is 16.3 Å². The minimum Gasteiger partial charge on any atom is -0.490 e. The highest BCUT2D eigenvalue weighted by molar-refractivity contribution is 6.34. The van der Waals surface area contributed by atoms with Crippen LogP contribution in [0.15, 0.2) is 42.5 Å². The lowest BCUT2D eigenvalue weighted by Crippen LogP contribution is -2.38. The number of hydrogen-bond donors (Lipinski definition) is 0. The maximum absolute atomic E-state index is 12.7. The fourth-order valence-electron chi connectivity index (χ4n) is 2.32. The van der Waals surface area contributed by atoms with Crippen LogP contribution in [-0.2, 0) is 0 Å². The van der Waals surface area contributed by atoms with Crippen LogP contribution in [0.3, 0.4) is 0 Å². The molecule has 1 aliphatic rings. The Bertz CT molecular complexity index is 669. The summed E-state index contributed by atoms with van der Waals surface area (Å²) in [4.78, 5) is 14.4. The Morgan fingerprint density at radius 3 is 2.85 bits per heavy atom. The Hall–Kier alpha value is -2.00. The van der Waals surface area contributed by atoms with Crippen LogP contribution in [0.5, 0.6) is 5.75 Å². The van der Waals surface area contributed by atoms with Crippen LogP contribution in [0.1, 0.15) is 15.9 Å². The molecule has 2 aromatic carbocycles. The number of rotatable bonds is 1. The lowest BCUT2D eigenvalue weighted by Gasteiger charge is -2.30. The molecule has 0 atom stereocenters. The first-order chi connectivity index (χ1) is 9.66. The molecule has 0 aliphatic carbocycles. The Morgan fingerprint density at radius 2 is 2.05 bits per heavy atom. The summed E-state index contributed by atoms with van der Waals surface area (Å²) in [7, 11) is 0. The summed E-state index contributed by atoms with van der Waals surface area (Å²) in [6, 6.07) is 12.9. The molecule has 3 rings (SSSR count). The standard InChI is InChI=1S/C16H14ClNO2/c1-11-6-7-15-14(10-11)18(8-9-20-15)16(19)12-4-2-3-5-13(12)17/h2-7,10H,8-9H2,1H3. The van der Waals surface area contributed by atoms with Gasteiger partial charge in [-0.25, -0.2) is 0 Å². The Morgan fingerprint density at radius 1 is 1.25 bits per heavy atom. The van der Waals surface area contributed by atoms with Gasteiger partial charge in [0, 0.05) is 0 Å². The van der Waals surface area contributed by atoms with Crippen LogP contribution in [0.25, 0.3) is 0 Å². The molecule has 0 radical (unpaired) electrons. The van der Waals surface area contributed by atoms with Gasteiger partial charge in [-0.1, -0.05) is 29.8 Å². The summed E-state index contributed by atoms with van der Waals surface area (Å²) in [6.45, 7) is 3.01. The smallest absolute Gasteiger partial charge is 0.260 e. The van der Waals surface area contributed by atoms with Gasteiger partial charge in [-0.3, -0.25) is 4.79 Å². The Balaban J connectivity index is 2.03. The molecular weight excluding hydrogens is 274 g/mol. The average molecular weight is 288 g/mol. The number of hydrogen-bond acceptors (Lipinski definition) is 2. The number of benzene rings is 2. The molecule has 1 aliphatic heterocycles. The summed E-state index contributed by atoms with van der Waals surface area (Å²) in [5.41, 5.74) is 2.41. The third kappa shape index (κ3) is 2.25. The molecule has 2 aromatic rings. The van der Waals surface area contributed by atoms with E-state index in [1.54, 1.807) is 17.0 Å². The highest BCUT2D eigenvalue weighted by Gasteiger charge is 2.25. The van der Waals surface area contributed by atoms with E-state index >= 15 is 0 Å². The number of halogens is 1. The van der Waals surface area contributed by atoms with Gasteiger partial charge < -0.3 is 9.64 Å². The fourth-order valence-corrected chi connectivity index (χ4v) is 2.54. The number of carbonyl (C=O) groups is 1. The predicted octanol–water partition coefficient (Wildman–Crippen LogP) is 3.69. The van der Waals surface area contributed by atoms with Crippen LogP contribution in [-0.4, -0.2) is 19.1 Å². The summed E-state index contributed by atoms with van der Waals surface area (Å²) < 4.78 is 5.60. The van der Waals surface area contributed by atoms with Crippen molar-refractivity contribution in [1.82, 2.24) is 0 Å². The number of fused-ring (bicyclic) bond motifs is 1. The van der Waals surface area contributed by atoms with Crippen molar-refractivity contribution in [3.63, 3.8) is 0 Å². The largest absolute Gasteiger partial charge is 0.490 e. The van der Waals surface area contributed by atoms with Gasteiger partial charge in [0.1, 0.15) is 12.4 Å². The van der Waals surface area contributed by atoms with Crippen molar-refractivity contribution in [2.75, 3.05) is 18.1 Å². The zero-order chi connectivity index (χ0) is 14.1. The van der Waals surface area contributed by atoms with Crippen molar-refractivity contribution in [2.24, 2.45) is 0 Å². The molecule has 0 saturated heterocycles. The molecule has 0 unspecified atom stereocenters. The van der Waals surface area contributed by atoms with Crippen molar-refractivity contribution in [1.29, 1.82) is 0 Å². The zero-order valence-corrected chi connectivity index (χ0v) is 11.9. The quantitative estimate of drug-likeness (QED) is 0.800. The van der Waals surface area contributed by atoms with Gasteiger partial charge in [0.25, 0.3) is 5.91 Å². The molecule has 4 heteroatoms. The van der Waals surface area contributed by atoms with Gasteiger partial charge in [0.2, 0.25) is 0 Å². The second-order valence-corrected chi connectivity index (χ2v) is 5.16. The number of ether oxygens (including phenoxy) is 1. The molecule has 3 nitrogen and oxygen atoms in total. The van der Waals surface area contributed by atoms with Crippen molar-refractivity contribution in [3.05, 3.63) is 58.6 Å². The number of amides is 1. The van der Waals surface area contributed by atoms with Gasteiger partial charge in [-0.05, 0) is 36.8 Å². The molecule has 1 amide bonds. The van der Waals surface area contributed by atoms with E-state index < -0.39 is 0 Å². The zero-order valence-electron chi connectivity index (χ0n) is 11.1. The van der Waals surface area contributed by atoms with Crippen LogP contribution >= 0.6 is 11.6 Å². The monoisotopic (exact) mass is 287 g/mol. The maximum Gasteiger partial charge on any atom is 0.260 e. The van der Waals surface area contributed by atoms with Crippen LogP contribution < -0.4 is 9.64 Å². The number of carbonyl (C=O) groups excluding carboxylic acids is 1. The Labute approximate surface area is 122 Å². The van der Waals surface area contributed by atoms with Gasteiger partial charge in [-0.2, -0.15) is 0 Å². The SMILES string of the molecule is Cc1ccc2c(c1)N(C(=O)c1ccccc1Cl)CCO2. The Kier molecular flexibility index (Phi) is 3.36. The van der Waals surface area contributed by atoms with Crippen molar-refractivity contribution < 1.29 is 9.53 Å². The van der Waals surface area contributed by atoms with E-state index in [9.17, 15) is 4.79 Å².